The number of anilines is 2. The van der Waals surface area contributed by atoms with E-state index in [1.165, 1.54) is 26.3 Å². The molecule has 182 valence electrons. The van der Waals surface area contributed by atoms with Crippen LogP contribution in [0.4, 0.5) is 16.2 Å². The molecule has 0 unspecified atom stereocenters. The van der Waals surface area contributed by atoms with Crippen molar-refractivity contribution in [3.8, 4) is 0 Å². The van der Waals surface area contributed by atoms with Gasteiger partial charge in [0, 0.05) is 62.8 Å². The molecule has 1 aliphatic rings. The molecule has 4 rings (SSSR count). The van der Waals surface area contributed by atoms with Gasteiger partial charge in [0.2, 0.25) is 11.3 Å². The van der Waals surface area contributed by atoms with E-state index in [9.17, 15) is 4.79 Å². The minimum Gasteiger partial charge on any atom is -0.444 e. The number of nitrogens with zero attached hydrogens (tertiary/aromatic N) is 4. The Bertz CT molecular complexity index is 1180. The smallest absolute Gasteiger partial charge is 0.410 e. The molecule has 0 radical (unpaired) electrons. The van der Waals surface area contributed by atoms with Gasteiger partial charge in [-0.3, -0.25) is 0 Å². The van der Waals surface area contributed by atoms with Gasteiger partial charge in [-0.05, 0) is 64.8 Å². The number of carbonyl (C=O) groups excluding carboxylic acids is 1. The van der Waals surface area contributed by atoms with Gasteiger partial charge in [-0.2, -0.15) is 0 Å². The Labute approximate surface area is 207 Å². The van der Waals surface area contributed by atoms with Gasteiger partial charge in [0.05, 0.1) is 0 Å². The highest BCUT2D eigenvalue weighted by atomic mass is 32.1. The van der Waals surface area contributed by atoms with Crippen LogP contribution in [0, 0.1) is 0 Å². The van der Waals surface area contributed by atoms with Crippen LogP contribution in [-0.2, 0) is 11.2 Å². The van der Waals surface area contributed by atoms with Gasteiger partial charge in [-0.25, -0.2) is 9.78 Å². The number of aryl methyl sites for hydroxylation is 1. The highest BCUT2D eigenvalue weighted by Crippen LogP contribution is 2.34. The lowest BCUT2D eigenvalue weighted by Crippen LogP contribution is -2.50. The Hall–Kier alpha value is -2.67. The maximum Gasteiger partial charge on any atom is 0.410 e. The number of amides is 1. The number of rotatable bonds is 5. The van der Waals surface area contributed by atoms with Gasteiger partial charge >= 0.3 is 6.09 Å². The fraction of sp³-hybridized carbons (Fsp3) is 0.519. The van der Waals surface area contributed by atoms with E-state index in [1.807, 2.05) is 37.0 Å². The van der Waals surface area contributed by atoms with E-state index in [2.05, 4.69) is 60.9 Å². The lowest BCUT2D eigenvalue weighted by atomic mass is 10.1. The first-order chi connectivity index (χ1) is 16.2. The molecule has 0 spiro atoms. The second kappa shape index (κ2) is 9.90. The first-order valence-electron chi connectivity index (χ1n) is 12.4. The summed E-state index contributed by atoms with van der Waals surface area (Å²) in [4.78, 5) is 24.0. The molecule has 0 N–H and O–H groups in total. The normalized spacial score (nSPS) is 14.6. The third-order valence-corrected chi connectivity index (χ3v) is 7.42. The number of ether oxygens (including phenoxy) is 1. The van der Waals surface area contributed by atoms with Crippen molar-refractivity contribution < 1.29 is 9.53 Å². The Morgan fingerprint density at radius 1 is 1.03 bits per heavy atom. The number of benzene rings is 2. The molecule has 1 saturated heterocycles. The van der Waals surface area contributed by atoms with Crippen molar-refractivity contribution in [1.82, 2.24) is 9.88 Å². The molecule has 2 aromatic carbocycles. The van der Waals surface area contributed by atoms with E-state index >= 15 is 0 Å². The molecule has 0 aliphatic carbocycles. The standard InChI is InChI=1S/C27H37N4O2S/c1-7-19-16-21(29(8-2)9-3)18-24-25(19)28-22-11-10-20(17-23(22)34-24)30-12-14-31(15-13-30)26(32)33-27(4,5)6/h10-11,16-18H,7-9,12-15H2,1-6H3/q+1. The van der Waals surface area contributed by atoms with Crippen LogP contribution in [0.1, 0.15) is 47.1 Å². The third kappa shape index (κ3) is 5.19. The molecule has 1 aliphatic heterocycles. The monoisotopic (exact) mass is 481 g/mol. The molecule has 1 fully saturated rings. The number of piperazine rings is 1. The Morgan fingerprint density at radius 3 is 2.35 bits per heavy atom. The molecule has 1 amide bonds. The van der Waals surface area contributed by atoms with E-state index in [4.69, 9.17) is 9.72 Å². The van der Waals surface area contributed by atoms with E-state index in [0.29, 0.717) is 13.1 Å². The van der Waals surface area contributed by atoms with Gasteiger partial charge in [-0.15, -0.1) is 0 Å². The molecule has 3 aromatic rings. The Morgan fingerprint density at radius 2 is 1.74 bits per heavy atom. The first kappa shape index (κ1) is 24.5. The van der Waals surface area contributed by atoms with Crippen LogP contribution in [0.2, 0.25) is 0 Å². The van der Waals surface area contributed by atoms with Crippen LogP contribution < -0.4 is 9.80 Å². The minimum atomic E-state index is -0.466. The Kier molecular flexibility index (Phi) is 7.12. The summed E-state index contributed by atoms with van der Waals surface area (Å²) in [5, 5.41) is 0. The fourth-order valence-corrected chi connectivity index (χ4v) is 5.57. The van der Waals surface area contributed by atoms with E-state index < -0.39 is 5.60 Å². The van der Waals surface area contributed by atoms with Crippen molar-refractivity contribution in [3.05, 3.63) is 35.9 Å². The minimum absolute atomic E-state index is 0.223. The summed E-state index contributed by atoms with van der Waals surface area (Å²) in [6.45, 7) is 17.2. The summed E-state index contributed by atoms with van der Waals surface area (Å²) in [6, 6.07) is 11.2. The zero-order valence-corrected chi connectivity index (χ0v) is 22.2. The molecular formula is C27H37N4O2S+. The molecule has 6 nitrogen and oxygen atoms in total. The summed E-state index contributed by atoms with van der Waals surface area (Å²) in [6.07, 6.45) is 0.746. The number of aromatic nitrogens is 1. The lowest BCUT2D eigenvalue weighted by Gasteiger charge is -2.36. The summed E-state index contributed by atoms with van der Waals surface area (Å²) in [7, 11) is 0. The predicted molar refractivity (Wildman–Crippen MR) is 144 cm³/mol. The number of fused-ring (bicyclic) bond motifs is 2. The summed E-state index contributed by atoms with van der Waals surface area (Å²) in [5.74, 6) is 0. The maximum absolute atomic E-state index is 12.4. The highest BCUT2D eigenvalue weighted by Gasteiger charge is 2.27. The van der Waals surface area contributed by atoms with Crippen LogP contribution in [-0.4, -0.2) is 60.8 Å². The molecular weight excluding hydrogens is 444 g/mol. The molecule has 7 heteroatoms. The van der Waals surface area contributed by atoms with Crippen molar-refractivity contribution in [2.45, 2.75) is 53.6 Å². The van der Waals surface area contributed by atoms with Crippen molar-refractivity contribution in [1.29, 1.82) is 0 Å². The van der Waals surface area contributed by atoms with Gasteiger partial charge in [0.1, 0.15) is 16.6 Å². The number of hydrogen-bond acceptors (Lipinski definition) is 5. The van der Waals surface area contributed by atoms with Crippen molar-refractivity contribution in [2.24, 2.45) is 0 Å². The number of hydrogen-bond donors (Lipinski definition) is 0. The van der Waals surface area contributed by atoms with Gasteiger partial charge in [0.25, 0.3) is 9.40 Å². The molecule has 0 atom stereocenters. The van der Waals surface area contributed by atoms with E-state index in [-0.39, 0.29) is 6.09 Å². The average molecular weight is 482 g/mol. The van der Waals surface area contributed by atoms with Crippen LogP contribution in [0.3, 0.4) is 0 Å². The molecule has 1 aromatic heterocycles. The zero-order valence-electron chi connectivity index (χ0n) is 21.4. The molecule has 0 saturated carbocycles. The molecule has 0 bridgehead atoms. The SMILES string of the molecule is CCc1cc(N(CC)CC)cc2[s+]c3cc(N4CCN(C(=O)OC(C)(C)C)CC4)ccc3nc12. The van der Waals surface area contributed by atoms with Crippen LogP contribution in [0.15, 0.2) is 30.3 Å². The summed E-state index contributed by atoms with van der Waals surface area (Å²) < 4.78 is 7.97. The largest absolute Gasteiger partial charge is 0.444 e. The van der Waals surface area contributed by atoms with Crippen molar-refractivity contribution in [2.75, 3.05) is 49.1 Å². The first-order valence-corrected chi connectivity index (χ1v) is 13.2. The summed E-state index contributed by atoms with van der Waals surface area (Å²) >= 11 is 1.82. The van der Waals surface area contributed by atoms with Crippen molar-refractivity contribution >= 4 is 49.2 Å². The quantitative estimate of drug-likeness (QED) is 0.321. The van der Waals surface area contributed by atoms with Gasteiger partial charge in [0.15, 0.2) is 0 Å². The average Bonchev–Trinajstić information content (AvgIpc) is 2.81. The van der Waals surface area contributed by atoms with Gasteiger partial charge in [-0.1, -0.05) is 6.92 Å². The fourth-order valence-electron chi connectivity index (χ4n) is 4.48. The molecule has 34 heavy (non-hydrogen) atoms. The van der Waals surface area contributed by atoms with Crippen LogP contribution in [0.25, 0.3) is 20.4 Å². The van der Waals surface area contributed by atoms with Crippen molar-refractivity contribution in [3.63, 3.8) is 0 Å². The second-order valence-corrected chi connectivity index (χ2v) is 10.9. The van der Waals surface area contributed by atoms with Gasteiger partial charge < -0.3 is 19.4 Å². The van der Waals surface area contributed by atoms with Crippen LogP contribution >= 0.6 is 11.3 Å². The predicted octanol–water partition coefficient (Wildman–Crippen LogP) is 6.20. The zero-order chi connectivity index (χ0) is 24.5. The second-order valence-electron chi connectivity index (χ2n) is 9.80. The molecule has 2 heterocycles. The summed E-state index contributed by atoms with van der Waals surface area (Å²) in [5.41, 5.74) is 5.46. The van der Waals surface area contributed by atoms with E-state index in [0.717, 1.165) is 43.6 Å². The van der Waals surface area contributed by atoms with Crippen LogP contribution in [0.5, 0.6) is 0 Å². The third-order valence-electron chi connectivity index (χ3n) is 6.34. The maximum atomic E-state index is 12.4. The Balaban J connectivity index is 1.60. The lowest BCUT2D eigenvalue weighted by molar-refractivity contribution is 0.0240. The van der Waals surface area contributed by atoms with E-state index in [1.54, 1.807) is 0 Å². The highest BCUT2D eigenvalue weighted by molar-refractivity contribution is 7.24. The number of carbonyl (C=O) groups is 1. The topological polar surface area (TPSA) is 48.9 Å².